The van der Waals surface area contributed by atoms with Crippen molar-refractivity contribution >= 4 is 11.6 Å². The highest BCUT2D eigenvalue weighted by Crippen LogP contribution is 2.34. The number of halogens is 1. The van der Waals surface area contributed by atoms with Gasteiger partial charge in [0.25, 0.3) is 0 Å². The van der Waals surface area contributed by atoms with E-state index in [0.29, 0.717) is 23.1 Å². The maximum atomic E-state index is 6.07. The second-order valence-electron chi connectivity index (χ2n) is 3.55. The van der Waals surface area contributed by atoms with E-state index in [1.807, 2.05) is 42.5 Å². The highest BCUT2D eigenvalue weighted by Gasteiger charge is 2.08. The van der Waals surface area contributed by atoms with Crippen LogP contribution < -0.4 is 9.47 Å². The van der Waals surface area contributed by atoms with Crippen molar-refractivity contribution in [1.29, 1.82) is 0 Å². The summed E-state index contributed by atoms with van der Waals surface area (Å²) in [5.74, 6) is 1.23. The first-order chi connectivity index (χ1) is 8.31. The van der Waals surface area contributed by atoms with Crippen LogP contribution in [-0.2, 0) is 6.61 Å². The smallest absolute Gasteiger partial charge is 0.180 e. The third kappa shape index (κ3) is 2.92. The molecule has 2 nitrogen and oxygen atoms in total. The van der Waals surface area contributed by atoms with Gasteiger partial charge in [-0.2, -0.15) is 0 Å². The van der Waals surface area contributed by atoms with Gasteiger partial charge in [0.05, 0.1) is 12.1 Å². The average molecular weight is 249 g/mol. The molecular weight excluding hydrogens is 236 g/mol. The number of methoxy groups -OCH3 is 1. The van der Waals surface area contributed by atoms with Gasteiger partial charge in [0.2, 0.25) is 0 Å². The van der Waals surface area contributed by atoms with Crippen molar-refractivity contribution in [2.75, 3.05) is 7.11 Å². The molecule has 0 radical (unpaired) electrons. The molecule has 0 spiro atoms. The molecule has 0 N–H and O–H groups in total. The molecular formula is C14H13ClO2. The number of rotatable bonds is 4. The second-order valence-corrected chi connectivity index (χ2v) is 3.95. The summed E-state index contributed by atoms with van der Waals surface area (Å²) >= 11 is 6.07. The minimum atomic E-state index is 0.473. The Morgan fingerprint density at radius 2 is 1.76 bits per heavy atom. The molecule has 17 heavy (non-hydrogen) atoms. The Bertz CT molecular complexity index is 483. The molecule has 88 valence electrons. The molecule has 0 atom stereocenters. The highest BCUT2D eigenvalue weighted by molar-refractivity contribution is 6.32. The Kier molecular flexibility index (Phi) is 3.89. The minimum absolute atomic E-state index is 0.473. The zero-order chi connectivity index (χ0) is 12.1. The second kappa shape index (κ2) is 5.60. The largest absolute Gasteiger partial charge is 0.493 e. The van der Waals surface area contributed by atoms with Gasteiger partial charge < -0.3 is 9.47 Å². The van der Waals surface area contributed by atoms with Gasteiger partial charge in [-0.1, -0.05) is 48.0 Å². The van der Waals surface area contributed by atoms with Crippen LogP contribution in [0.5, 0.6) is 11.5 Å². The molecule has 0 saturated carbocycles. The fraction of sp³-hybridized carbons (Fsp3) is 0.143. The minimum Gasteiger partial charge on any atom is -0.493 e. The Labute approximate surface area is 106 Å². The molecule has 0 saturated heterocycles. The molecule has 3 heteroatoms. The van der Waals surface area contributed by atoms with Crippen molar-refractivity contribution < 1.29 is 9.47 Å². The Hall–Kier alpha value is -1.67. The summed E-state index contributed by atoms with van der Waals surface area (Å²) in [5, 5.41) is 0.556. The van der Waals surface area contributed by atoms with Gasteiger partial charge in [0, 0.05) is 0 Å². The SMILES string of the molecule is COc1cccc(Cl)c1OCc1ccccc1. The van der Waals surface area contributed by atoms with Gasteiger partial charge in [0.1, 0.15) is 6.61 Å². The molecule has 2 rings (SSSR count). The van der Waals surface area contributed by atoms with Crippen LogP contribution in [0.25, 0.3) is 0 Å². The normalized spacial score (nSPS) is 10.0. The maximum Gasteiger partial charge on any atom is 0.180 e. The third-order valence-corrected chi connectivity index (χ3v) is 2.67. The highest BCUT2D eigenvalue weighted by atomic mass is 35.5. The van der Waals surface area contributed by atoms with Crippen molar-refractivity contribution in [3.05, 3.63) is 59.1 Å². The van der Waals surface area contributed by atoms with E-state index < -0.39 is 0 Å². The van der Waals surface area contributed by atoms with Crippen molar-refractivity contribution in [1.82, 2.24) is 0 Å². The Balaban J connectivity index is 2.14. The molecule has 0 heterocycles. The average Bonchev–Trinajstić information content (AvgIpc) is 2.38. The van der Waals surface area contributed by atoms with E-state index in [4.69, 9.17) is 21.1 Å². The number of hydrogen-bond donors (Lipinski definition) is 0. The van der Waals surface area contributed by atoms with E-state index in [1.54, 1.807) is 13.2 Å². The number of benzene rings is 2. The standard InChI is InChI=1S/C14H13ClO2/c1-16-13-9-5-8-12(15)14(13)17-10-11-6-3-2-4-7-11/h2-9H,10H2,1H3. The lowest BCUT2D eigenvalue weighted by Gasteiger charge is -2.11. The van der Waals surface area contributed by atoms with Gasteiger partial charge in [0.15, 0.2) is 11.5 Å². The van der Waals surface area contributed by atoms with Gasteiger partial charge >= 0.3 is 0 Å². The molecule has 0 amide bonds. The molecule has 2 aromatic rings. The van der Waals surface area contributed by atoms with Crippen LogP contribution >= 0.6 is 11.6 Å². The van der Waals surface area contributed by atoms with Crippen LogP contribution in [0.2, 0.25) is 5.02 Å². The Morgan fingerprint density at radius 3 is 2.47 bits per heavy atom. The van der Waals surface area contributed by atoms with Crippen LogP contribution in [0, 0.1) is 0 Å². The van der Waals surface area contributed by atoms with Crippen molar-refractivity contribution in [2.24, 2.45) is 0 Å². The van der Waals surface area contributed by atoms with Crippen LogP contribution in [0.15, 0.2) is 48.5 Å². The summed E-state index contributed by atoms with van der Waals surface area (Å²) in [7, 11) is 1.60. The van der Waals surface area contributed by atoms with Crippen LogP contribution in [0.1, 0.15) is 5.56 Å². The first kappa shape index (κ1) is 11.8. The number of hydrogen-bond acceptors (Lipinski definition) is 2. The summed E-state index contributed by atoms with van der Waals surface area (Å²) in [5.41, 5.74) is 1.09. The lowest BCUT2D eigenvalue weighted by atomic mass is 10.2. The molecule has 0 bridgehead atoms. The topological polar surface area (TPSA) is 18.5 Å². The van der Waals surface area contributed by atoms with Crippen molar-refractivity contribution in [3.8, 4) is 11.5 Å². The predicted molar refractivity (Wildman–Crippen MR) is 68.8 cm³/mol. The molecule has 0 aliphatic heterocycles. The monoisotopic (exact) mass is 248 g/mol. The van der Waals surface area contributed by atoms with Gasteiger partial charge in [-0.25, -0.2) is 0 Å². The summed E-state index contributed by atoms with van der Waals surface area (Å²) in [6.45, 7) is 0.473. The molecule has 0 aromatic heterocycles. The van der Waals surface area contributed by atoms with Gasteiger partial charge in [-0.15, -0.1) is 0 Å². The van der Waals surface area contributed by atoms with Crippen LogP contribution in [0.4, 0.5) is 0 Å². The fourth-order valence-electron chi connectivity index (χ4n) is 1.52. The number of ether oxygens (including phenoxy) is 2. The van der Waals surface area contributed by atoms with E-state index in [-0.39, 0.29) is 0 Å². The molecule has 2 aromatic carbocycles. The molecule has 0 aliphatic rings. The Morgan fingerprint density at radius 1 is 1.00 bits per heavy atom. The van der Waals surface area contributed by atoms with E-state index in [0.717, 1.165) is 5.56 Å². The summed E-state index contributed by atoms with van der Waals surface area (Å²) < 4.78 is 10.9. The lowest BCUT2D eigenvalue weighted by Crippen LogP contribution is -1.98. The quantitative estimate of drug-likeness (QED) is 0.816. The predicted octanol–water partition coefficient (Wildman–Crippen LogP) is 3.93. The third-order valence-electron chi connectivity index (χ3n) is 2.38. The van der Waals surface area contributed by atoms with Crippen LogP contribution in [-0.4, -0.2) is 7.11 Å². The first-order valence-electron chi connectivity index (χ1n) is 5.30. The lowest BCUT2D eigenvalue weighted by molar-refractivity contribution is 0.285. The number of para-hydroxylation sites is 1. The van der Waals surface area contributed by atoms with Crippen molar-refractivity contribution in [3.63, 3.8) is 0 Å². The zero-order valence-corrected chi connectivity index (χ0v) is 10.3. The summed E-state index contributed by atoms with van der Waals surface area (Å²) in [6, 6.07) is 15.4. The van der Waals surface area contributed by atoms with E-state index in [2.05, 4.69) is 0 Å². The molecule has 0 unspecified atom stereocenters. The molecule has 0 fully saturated rings. The first-order valence-corrected chi connectivity index (χ1v) is 5.68. The fourth-order valence-corrected chi connectivity index (χ4v) is 1.74. The van der Waals surface area contributed by atoms with E-state index >= 15 is 0 Å². The zero-order valence-electron chi connectivity index (χ0n) is 9.52. The summed E-state index contributed by atoms with van der Waals surface area (Å²) in [6.07, 6.45) is 0. The van der Waals surface area contributed by atoms with E-state index in [9.17, 15) is 0 Å². The van der Waals surface area contributed by atoms with E-state index in [1.165, 1.54) is 0 Å². The molecule has 0 aliphatic carbocycles. The van der Waals surface area contributed by atoms with Crippen molar-refractivity contribution in [2.45, 2.75) is 6.61 Å². The van der Waals surface area contributed by atoms with Crippen LogP contribution in [0.3, 0.4) is 0 Å². The maximum absolute atomic E-state index is 6.07. The van der Waals surface area contributed by atoms with Gasteiger partial charge in [-0.3, -0.25) is 0 Å². The van der Waals surface area contributed by atoms with Gasteiger partial charge in [-0.05, 0) is 17.7 Å². The summed E-state index contributed by atoms with van der Waals surface area (Å²) in [4.78, 5) is 0.